The van der Waals surface area contributed by atoms with Crippen LogP contribution in [0.1, 0.15) is 38.3 Å². The van der Waals surface area contributed by atoms with Crippen molar-refractivity contribution in [1.29, 1.82) is 0 Å². The van der Waals surface area contributed by atoms with Crippen LogP contribution in [-0.2, 0) is 13.1 Å². The lowest BCUT2D eigenvalue weighted by atomic mass is 9.92. The van der Waals surface area contributed by atoms with E-state index in [1.165, 1.54) is 12.0 Å². The van der Waals surface area contributed by atoms with E-state index in [4.69, 9.17) is 0 Å². The van der Waals surface area contributed by atoms with Crippen LogP contribution in [-0.4, -0.2) is 58.1 Å². The lowest BCUT2D eigenvalue weighted by molar-refractivity contribution is 0.129. The predicted octanol–water partition coefficient (Wildman–Crippen LogP) is 3.19. The highest BCUT2D eigenvalue weighted by Gasteiger charge is 2.22. The second-order valence-electron chi connectivity index (χ2n) is 8.85. The Labute approximate surface area is 168 Å². The Kier molecular flexibility index (Phi) is 6.73. The maximum Gasteiger partial charge on any atom is 0.317 e. The highest BCUT2D eigenvalue weighted by molar-refractivity contribution is 5.74. The number of piperazine rings is 1. The molecule has 0 unspecified atom stereocenters. The van der Waals surface area contributed by atoms with Gasteiger partial charge >= 0.3 is 6.03 Å². The highest BCUT2D eigenvalue weighted by atomic mass is 16.2. The largest absolute Gasteiger partial charge is 0.334 e. The van der Waals surface area contributed by atoms with Crippen LogP contribution in [0.4, 0.5) is 4.79 Å². The maximum absolute atomic E-state index is 12.5. The van der Waals surface area contributed by atoms with Crippen molar-refractivity contribution in [2.75, 3.05) is 32.7 Å². The standard InChI is InChI=1S/C22H33N5O/c1-22(2,3)7-9-25-11-13-27(14-12-25)21(28)24-16-19-5-4-6-20(15-19)17-26-10-8-23-18-26/h4-6,8,10,15,18H,7,9,11-14,16-17H2,1-3H3,(H,24,28). The van der Waals surface area contributed by atoms with Gasteiger partial charge in [-0.2, -0.15) is 0 Å². The number of carbonyl (C=O) groups excluding carboxylic acids is 1. The highest BCUT2D eigenvalue weighted by Crippen LogP contribution is 2.19. The number of nitrogens with one attached hydrogen (secondary N) is 1. The predicted molar refractivity (Wildman–Crippen MR) is 112 cm³/mol. The SMILES string of the molecule is CC(C)(C)CCN1CCN(C(=O)NCc2cccc(Cn3ccnc3)c2)CC1. The molecule has 0 spiro atoms. The van der Waals surface area contributed by atoms with Gasteiger partial charge in [0.25, 0.3) is 0 Å². The minimum absolute atomic E-state index is 0.0375. The van der Waals surface area contributed by atoms with Crippen LogP contribution in [0.2, 0.25) is 0 Å². The fourth-order valence-corrected chi connectivity index (χ4v) is 3.39. The van der Waals surface area contributed by atoms with E-state index < -0.39 is 0 Å². The first-order chi connectivity index (χ1) is 13.4. The van der Waals surface area contributed by atoms with Crippen LogP contribution >= 0.6 is 0 Å². The molecule has 1 aromatic heterocycles. The van der Waals surface area contributed by atoms with E-state index in [0.717, 1.165) is 44.8 Å². The summed E-state index contributed by atoms with van der Waals surface area (Å²) in [7, 11) is 0. The van der Waals surface area contributed by atoms with Gasteiger partial charge < -0.3 is 14.8 Å². The van der Waals surface area contributed by atoms with E-state index in [2.05, 4.69) is 54.2 Å². The molecular formula is C22H33N5O. The zero-order valence-electron chi connectivity index (χ0n) is 17.4. The normalized spacial score (nSPS) is 15.6. The summed E-state index contributed by atoms with van der Waals surface area (Å²) in [6, 6.07) is 8.38. The summed E-state index contributed by atoms with van der Waals surface area (Å²) in [6.07, 6.45) is 6.74. The quantitative estimate of drug-likeness (QED) is 0.833. The van der Waals surface area contributed by atoms with E-state index in [-0.39, 0.29) is 6.03 Å². The Morgan fingerprint density at radius 2 is 1.89 bits per heavy atom. The summed E-state index contributed by atoms with van der Waals surface area (Å²) in [4.78, 5) is 21.0. The van der Waals surface area contributed by atoms with Gasteiger partial charge in [0.15, 0.2) is 0 Å². The molecule has 0 aliphatic carbocycles. The van der Waals surface area contributed by atoms with Gasteiger partial charge in [0, 0.05) is 51.7 Å². The topological polar surface area (TPSA) is 53.4 Å². The number of aromatic nitrogens is 2. The summed E-state index contributed by atoms with van der Waals surface area (Å²) in [5, 5.41) is 3.08. The first kappa shape index (κ1) is 20.4. The van der Waals surface area contributed by atoms with Crippen LogP contribution in [0.25, 0.3) is 0 Å². The summed E-state index contributed by atoms with van der Waals surface area (Å²) < 4.78 is 2.04. The van der Waals surface area contributed by atoms with E-state index in [0.29, 0.717) is 12.0 Å². The second-order valence-corrected chi connectivity index (χ2v) is 8.85. The Balaban J connectivity index is 1.42. The Bertz CT molecular complexity index is 743. The molecule has 1 N–H and O–H groups in total. The third kappa shape index (κ3) is 6.37. The fourth-order valence-electron chi connectivity index (χ4n) is 3.39. The molecule has 6 heteroatoms. The van der Waals surface area contributed by atoms with Crippen molar-refractivity contribution in [3.63, 3.8) is 0 Å². The van der Waals surface area contributed by atoms with Gasteiger partial charge in [-0.25, -0.2) is 9.78 Å². The van der Waals surface area contributed by atoms with E-state index in [9.17, 15) is 4.79 Å². The molecule has 1 aromatic carbocycles. The smallest absolute Gasteiger partial charge is 0.317 e. The molecule has 1 aliphatic heterocycles. The molecule has 28 heavy (non-hydrogen) atoms. The summed E-state index contributed by atoms with van der Waals surface area (Å²) in [5.74, 6) is 0. The van der Waals surface area contributed by atoms with Gasteiger partial charge in [-0.1, -0.05) is 45.0 Å². The molecule has 2 aromatic rings. The van der Waals surface area contributed by atoms with Gasteiger partial charge in [0.1, 0.15) is 0 Å². The summed E-state index contributed by atoms with van der Waals surface area (Å²) >= 11 is 0. The fraction of sp³-hybridized carbons (Fsp3) is 0.545. The molecule has 0 atom stereocenters. The molecule has 2 heterocycles. The number of carbonyl (C=O) groups is 1. The maximum atomic E-state index is 12.5. The molecule has 1 fully saturated rings. The lowest BCUT2D eigenvalue weighted by Gasteiger charge is -2.35. The number of hydrogen-bond donors (Lipinski definition) is 1. The zero-order chi connectivity index (χ0) is 20.0. The molecule has 0 radical (unpaired) electrons. The molecule has 152 valence electrons. The Morgan fingerprint density at radius 3 is 2.57 bits per heavy atom. The van der Waals surface area contributed by atoms with E-state index in [1.54, 1.807) is 6.20 Å². The number of imidazole rings is 1. The van der Waals surface area contributed by atoms with Crippen LogP contribution in [0.3, 0.4) is 0 Å². The first-order valence-corrected chi connectivity index (χ1v) is 10.2. The van der Waals surface area contributed by atoms with Crippen LogP contribution < -0.4 is 5.32 Å². The van der Waals surface area contributed by atoms with Crippen LogP contribution in [0.5, 0.6) is 0 Å². The van der Waals surface area contributed by atoms with Crippen molar-refractivity contribution in [2.45, 2.75) is 40.3 Å². The van der Waals surface area contributed by atoms with Gasteiger partial charge in [-0.15, -0.1) is 0 Å². The first-order valence-electron chi connectivity index (χ1n) is 10.2. The second kappa shape index (κ2) is 9.24. The molecular weight excluding hydrogens is 350 g/mol. The van der Waals surface area contributed by atoms with Gasteiger partial charge in [0.2, 0.25) is 0 Å². The average Bonchev–Trinajstić information content (AvgIpc) is 3.17. The van der Waals surface area contributed by atoms with Gasteiger partial charge in [-0.05, 0) is 29.5 Å². The van der Waals surface area contributed by atoms with Gasteiger partial charge in [-0.3, -0.25) is 4.90 Å². The van der Waals surface area contributed by atoms with Crippen molar-refractivity contribution in [3.8, 4) is 0 Å². The number of amides is 2. The minimum Gasteiger partial charge on any atom is -0.334 e. The van der Waals surface area contributed by atoms with Crippen LogP contribution in [0.15, 0.2) is 43.0 Å². The lowest BCUT2D eigenvalue weighted by Crippen LogP contribution is -2.51. The molecule has 0 bridgehead atoms. The zero-order valence-corrected chi connectivity index (χ0v) is 17.4. The number of benzene rings is 1. The van der Waals surface area contributed by atoms with Crippen molar-refractivity contribution in [1.82, 2.24) is 24.7 Å². The van der Waals surface area contributed by atoms with E-state index >= 15 is 0 Å². The monoisotopic (exact) mass is 383 g/mol. The number of rotatable bonds is 6. The third-order valence-electron chi connectivity index (χ3n) is 5.20. The molecule has 1 aliphatic rings. The van der Waals surface area contributed by atoms with Crippen molar-refractivity contribution < 1.29 is 4.79 Å². The molecule has 6 nitrogen and oxygen atoms in total. The summed E-state index contributed by atoms with van der Waals surface area (Å²) in [5.41, 5.74) is 2.69. The van der Waals surface area contributed by atoms with E-state index in [1.807, 2.05) is 28.1 Å². The van der Waals surface area contributed by atoms with Crippen molar-refractivity contribution in [3.05, 3.63) is 54.1 Å². The Morgan fingerprint density at radius 1 is 1.14 bits per heavy atom. The molecule has 3 rings (SSSR count). The van der Waals surface area contributed by atoms with Crippen LogP contribution in [0, 0.1) is 5.41 Å². The van der Waals surface area contributed by atoms with Crippen molar-refractivity contribution in [2.24, 2.45) is 5.41 Å². The summed E-state index contributed by atoms with van der Waals surface area (Å²) in [6.45, 7) is 12.8. The van der Waals surface area contributed by atoms with Crippen molar-refractivity contribution >= 4 is 6.03 Å². The minimum atomic E-state index is 0.0375. The molecule has 2 amide bonds. The number of nitrogens with zero attached hydrogens (tertiary/aromatic N) is 4. The molecule has 1 saturated heterocycles. The molecule has 0 saturated carbocycles. The Hall–Kier alpha value is -2.34. The number of urea groups is 1. The van der Waals surface area contributed by atoms with Gasteiger partial charge in [0.05, 0.1) is 6.33 Å². The third-order valence-corrected chi connectivity index (χ3v) is 5.20. The average molecular weight is 384 g/mol. The number of hydrogen-bond acceptors (Lipinski definition) is 3.